The van der Waals surface area contributed by atoms with Crippen molar-refractivity contribution in [2.75, 3.05) is 5.75 Å². The molecule has 1 heterocycles. The van der Waals surface area contributed by atoms with Crippen molar-refractivity contribution >= 4 is 28.3 Å². The van der Waals surface area contributed by atoms with Crippen LogP contribution in [0.3, 0.4) is 0 Å². The van der Waals surface area contributed by atoms with Crippen LogP contribution >= 0.6 is 11.8 Å². The molecule has 0 fully saturated rings. The average Bonchev–Trinajstić information content (AvgIpc) is 3.15. The smallest absolute Gasteiger partial charge is 0.227 e. The van der Waals surface area contributed by atoms with Crippen LogP contribution in [0.4, 0.5) is 0 Å². The third-order valence-electron chi connectivity index (χ3n) is 5.87. The Morgan fingerprint density at radius 1 is 0.900 bits per heavy atom. The summed E-state index contributed by atoms with van der Waals surface area (Å²) in [4.78, 5) is 12.4. The molecule has 1 aliphatic carbocycles. The van der Waals surface area contributed by atoms with Gasteiger partial charge in [-0.05, 0) is 46.1 Å². The Morgan fingerprint density at radius 2 is 1.67 bits per heavy atom. The van der Waals surface area contributed by atoms with Crippen LogP contribution in [-0.2, 0) is 19.4 Å². The SMILES string of the molecule is O=C(C[n+]1ccc(CCS[C@H]2Cc3cccc4cccc2c34)cc1)c1ccccc1. The molecule has 1 aliphatic rings. The normalized spacial score (nSPS) is 14.9. The number of Topliss-reactive ketones (excluding diaryl/α,β-unsaturated/α-hetero) is 1. The van der Waals surface area contributed by atoms with E-state index in [4.69, 9.17) is 0 Å². The van der Waals surface area contributed by atoms with Crippen LogP contribution in [0.2, 0.25) is 0 Å². The zero-order valence-electron chi connectivity index (χ0n) is 16.8. The highest BCUT2D eigenvalue weighted by Gasteiger charge is 2.24. The van der Waals surface area contributed by atoms with E-state index in [2.05, 4.69) is 60.3 Å². The van der Waals surface area contributed by atoms with Crippen molar-refractivity contribution in [2.24, 2.45) is 0 Å². The summed E-state index contributed by atoms with van der Waals surface area (Å²) in [5, 5.41) is 3.40. The minimum absolute atomic E-state index is 0.138. The molecule has 0 saturated carbocycles. The van der Waals surface area contributed by atoms with Crippen LogP contribution in [0, 0.1) is 0 Å². The van der Waals surface area contributed by atoms with Gasteiger partial charge in [-0.1, -0.05) is 66.7 Å². The lowest BCUT2D eigenvalue weighted by Gasteiger charge is -2.11. The van der Waals surface area contributed by atoms with E-state index in [0.29, 0.717) is 11.8 Å². The highest BCUT2D eigenvalue weighted by atomic mass is 32.2. The van der Waals surface area contributed by atoms with Gasteiger partial charge in [0.05, 0.1) is 0 Å². The Balaban J connectivity index is 1.17. The first-order chi connectivity index (χ1) is 14.8. The molecular formula is C27H24NOS+. The van der Waals surface area contributed by atoms with Gasteiger partial charge < -0.3 is 0 Å². The predicted molar refractivity (Wildman–Crippen MR) is 124 cm³/mol. The van der Waals surface area contributed by atoms with Gasteiger partial charge >= 0.3 is 0 Å². The Hall–Kier alpha value is -2.91. The van der Waals surface area contributed by atoms with Gasteiger partial charge in [0.1, 0.15) is 0 Å². The molecule has 0 amide bonds. The van der Waals surface area contributed by atoms with Crippen molar-refractivity contribution in [1.29, 1.82) is 0 Å². The summed E-state index contributed by atoms with van der Waals surface area (Å²) in [5.41, 5.74) is 5.07. The minimum atomic E-state index is 0.138. The van der Waals surface area contributed by atoms with Gasteiger partial charge in [0.25, 0.3) is 0 Å². The van der Waals surface area contributed by atoms with Gasteiger partial charge in [-0.2, -0.15) is 16.3 Å². The lowest BCUT2D eigenvalue weighted by atomic mass is 10.1. The number of nitrogens with zero attached hydrogens (tertiary/aromatic N) is 1. The third kappa shape index (κ3) is 3.90. The summed E-state index contributed by atoms with van der Waals surface area (Å²) in [6.45, 7) is 0.378. The number of thioether (sulfide) groups is 1. The average molecular weight is 411 g/mol. The Morgan fingerprint density at radius 3 is 2.47 bits per heavy atom. The molecule has 0 spiro atoms. The van der Waals surface area contributed by atoms with Crippen LogP contribution in [0.25, 0.3) is 10.8 Å². The summed E-state index contributed by atoms with van der Waals surface area (Å²) in [6, 6.07) is 27.1. The molecule has 0 bridgehead atoms. The van der Waals surface area contributed by atoms with E-state index < -0.39 is 0 Å². The van der Waals surface area contributed by atoms with Gasteiger partial charge in [-0.15, -0.1) is 0 Å². The number of carbonyl (C=O) groups is 1. The second-order valence-electron chi connectivity index (χ2n) is 7.84. The topological polar surface area (TPSA) is 20.9 Å². The first-order valence-corrected chi connectivity index (χ1v) is 11.5. The molecule has 0 radical (unpaired) electrons. The Kier molecular flexibility index (Phi) is 5.37. The zero-order valence-corrected chi connectivity index (χ0v) is 17.6. The van der Waals surface area contributed by atoms with Gasteiger partial charge in [-0.3, -0.25) is 4.79 Å². The number of carbonyl (C=O) groups excluding carboxylic acids is 1. The molecule has 30 heavy (non-hydrogen) atoms. The largest absolute Gasteiger partial charge is 0.287 e. The maximum Gasteiger partial charge on any atom is 0.227 e. The lowest BCUT2D eigenvalue weighted by molar-refractivity contribution is -0.683. The summed E-state index contributed by atoms with van der Waals surface area (Å²) in [5.74, 6) is 1.24. The number of ketones is 1. The van der Waals surface area contributed by atoms with Crippen LogP contribution in [0.1, 0.15) is 32.3 Å². The van der Waals surface area contributed by atoms with Gasteiger partial charge in [0.15, 0.2) is 12.4 Å². The van der Waals surface area contributed by atoms with Crippen LogP contribution in [-0.4, -0.2) is 11.5 Å². The monoisotopic (exact) mass is 410 g/mol. The molecule has 1 atom stereocenters. The predicted octanol–water partition coefficient (Wildman–Crippen LogP) is 5.58. The van der Waals surface area contributed by atoms with E-state index in [0.717, 1.165) is 24.2 Å². The van der Waals surface area contributed by atoms with Crippen LogP contribution < -0.4 is 4.57 Å². The number of benzene rings is 3. The number of rotatable bonds is 7. The Labute approximate surface area is 181 Å². The molecular weight excluding hydrogens is 386 g/mol. The second kappa shape index (κ2) is 8.45. The van der Waals surface area contributed by atoms with Crippen molar-refractivity contribution in [1.82, 2.24) is 0 Å². The fraction of sp³-hybridized carbons (Fsp3) is 0.185. The lowest BCUT2D eigenvalue weighted by Crippen LogP contribution is -2.37. The number of hydrogen-bond acceptors (Lipinski definition) is 2. The molecule has 148 valence electrons. The zero-order chi connectivity index (χ0) is 20.3. The van der Waals surface area contributed by atoms with Gasteiger partial charge in [0, 0.05) is 22.9 Å². The van der Waals surface area contributed by atoms with Gasteiger partial charge in [0.2, 0.25) is 12.3 Å². The minimum Gasteiger partial charge on any atom is -0.287 e. The fourth-order valence-electron chi connectivity index (χ4n) is 4.31. The number of pyridine rings is 1. The second-order valence-corrected chi connectivity index (χ2v) is 9.15. The summed E-state index contributed by atoms with van der Waals surface area (Å²) in [7, 11) is 0. The molecule has 3 aromatic carbocycles. The highest BCUT2D eigenvalue weighted by Crippen LogP contribution is 2.44. The van der Waals surface area contributed by atoms with E-state index in [1.54, 1.807) is 0 Å². The van der Waals surface area contributed by atoms with Crippen molar-refractivity contribution in [2.45, 2.75) is 24.6 Å². The molecule has 1 aromatic heterocycles. The maximum absolute atomic E-state index is 12.4. The van der Waals surface area contributed by atoms with Crippen molar-refractivity contribution < 1.29 is 9.36 Å². The molecule has 4 aromatic rings. The molecule has 5 rings (SSSR count). The van der Waals surface area contributed by atoms with Crippen molar-refractivity contribution in [3.63, 3.8) is 0 Å². The number of aromatic nitrogens is 1. The third-order valence-corrected chi connectivity index (χ3v) is 7.13. The van der Waals surface area contributed by atoms with E-state index >= 15 is 0 Å². The molecule has 0 unspecified atom stereocenters. The van der Waals surface area contributed by atoms with Crippen molar-refractivity contribution in [3.05, 3.63) is 114 Å². The molecule has 2 nitrogen and oxygen atoms in total. The number of aryl methyl sites for hydroxylation is 1. The summed E-state index contributed by atoms with van der Waals surface area (Å²) >= 11 is 2.06. The van der Waals surface area contributed by atoms with Crippen LogP contribution in [0.5, 0.6) is 0 Å². The van der Waals surface area contributed by atoms with E-state index in [1.165, 1.54) is 27.5 Å². The standard InChI is InChI=1S/C27H24NOS/c29-25(21-6-2-1-3-7-21)19-28-15-12-20(13-16-28)14-17-30-26-18-23-10-4-8-22-9-5-11-24(26)27(22)23/h1-13,15-16,26H,14,17-19H2/q+1/t26-/m0/s1. The van der Waals surface area contributed by atoms with Gasteiger partial charge in [-0.25, -0.2) is 0 Å². The highest BCUT2D eigenvalue weighted by molar-refractivity contribution is 7.99. The van der Waals surface area contributed by atoms with Crippen molar-refractivity contribution in [3.8, 4) is 0 Å². The van der Waals surface area contributed by atoms with E-state index in [-0.39, 0.29) is 5.78 Å². The molecule has 0 aliphatic heterocycles. The molecule has 0 saturated heterocycles. The van der Waals surface area contributed by atoms with E-state index in [9.17, 15) is 4.79 Å². The molecule has 3 heteroatoms. The summed E-state index contributed by atoms with van der Waals surface area (Å²) < 4.78 is 1.96. The van der Waals surface area contributed by atoms with E-state index in [1.807, 2.05) is 47.3 Å². The number of hydrogen-bond donors (Lipinski definition) is 0. The maximum atomic E-state index is 12.4. The fourth-order valence-corrected chi connectivity index (χ4v) is 5.62. The van der Waals surface area contributed by atoms with Crippen LogP contribution in [0.15, 0.2) is 91.3 Å². The molecule has 0 N–H and O–H groups in total. The quantitative estimate of drug-likeness (QED) is 0.293. The first-order valence-electron chi connectivity index (χ1n) is 10.5. The summed E-state index contributed by atoms with van der Waals surface area (Å²) in [6.07, 6.45) is 6.22. The first kappa shape index (κ1) is 19.1. The Bertz CT molecular complexity index is 1180.